The van der Waals surface area contributed by atoms with Crippen molar-refractivity contribution in [2.24, 2.45) is 0 Å². The molecule has 2 aromatic heterocycles. The molecule has 0 saturated heterocycles. The first-order chi connectivity index (χ1) is 16.2. The van der Waals surface area contributed by atoms with E-state index < -0.39 is 47.3 Å². The quantitative estimate of drug-likeness (QED) is 0.221. The van der Waals surface area contributed by atoms with Crippen LogP contribution in [-0.4, -0.2) is 15.7 Å². The predicted molar refractivity (Wildman–Crippen MR) is 110 cm³/mol. The fourth-order valence-corrected chi connectivity index (χ4v) is 3.10. The van der Waals surface area contributed by atoms with Crippen LogP contribution in [0.3, 0.4) is 0 Å². The van der Waals surface area contributed by atoms with Gasteiger partial charge in [-0.1, -0.05) is 30.3 Å². The van der Waals surface area contributed by atoms with Gasteiger partial charge in [0, 0.05) is 11.8 Å². The van der Waals surface area contributed by atoms with E-state index in [9.17, 15) is 26.7 Å². The summed E-state index contributed by atoms with van der Waals surface area (Å²) in [5.41, 5.74) is 1.83. The first kappa shape index (κ1) is 23.0. The van der Waals surface area contributed by atoms with Crippen molar-refractivity contribution in [1.82, 2.24) is 9.78 Å². The van der Waals surface area contributed by atoms with Gasteiger partial charge in [-0.25, -0.2) is 13.2 Å². The molecule has 0 saturated carbocycles. The van der Waals surface area contributed by atoms with Crippen LogP contribution < -0.4 is 10.1 Å². The number of rotatable bonds is 7. The molecule has 0 aliphatic rings. The van der Waals surface area contributed by atoms with E-state index in [1.54, 1.807) is 10.7 Å². The van der Waals surface area contributed by atoms with Gasteiger partial charge in [-0.2, -0.15) is 13.9 Å². The van der Waals surface area contributed by atoms with E-state index in [0.717, 1.165) is 11.3 Å². The summed E-state index contributed by atoms with van der Waals surface area (Å²) >= 11 is 0. The highest BCUT2D eigenvalue weighted by Crippen LogP contribution is 2.30. The third kappa shape index (κ3) is 4.63. The minimum absolute atomic E-state index is 0.0834. The van der Waals surface area contributed by atoms with Gasteiger partial charge in [0.25, 0.3) is 5.91 Å². The molecule has 0 fully saturated rings. The number of nitrogens with zero attached hydrogens (tertiary/aromatic N) is 2. The van der Waals surface area contributed by atoms with Crippen LogP contribution in [0.25, 0.3) is 0 Å². The van der Waals surface area contributed by atoms with E-state index in [1.807, 2.05) is 37.3 Å². The smallest absolute Gasteiger partial charge is 0.292 e. The summed E-state index contributed by atoms with van der Waals surface area (Å²) in [5.74, 6) is -12.9. The lowest BCUT2D eigenvalue weighted by atomic mass is 10.2. The Morgan fingerprint density at radius 3 is 2.29 bits per heavy atom. The number of carbonyl (C=O) groups excluding carboxylic acids is 1. The van der Waals surface area contributed by atoms with Gasteiger partial charge in [-0.05, 0) is 24.6 Å². The lowest BCUT2D eigenvalue weighted by Gasteiger charge is -2.09. The number of benzene rings is 2. The van der Waals surface area contributed by atoms with Gasteiger partial charge in [-0.15, -0.1) is 0 Å². The Hall–Kier alpha value is -4.15. The molecule has 4 aromatic rings. The lowest BCUT2D eigenvalue weighted by molar-refractivity contribution is 0.0991. The number of hydrogen-bond donors (Lipinski definition) is 1. The van der Waals surface area contributed by atoms with Crippen LogP contribution in [0.4, 0.5) is 27.8 Å². The molecule has 0 spiro atoms. The Labute approximate surface area is 189 Å². The van der Waals surface area contributed by atoms with E-state index in [1.165, 1.54) is 12.1 Å². The highest BCUT2D eigenvalue weighted by molar-refractivity contribution is 6.01. The van der Waals surface area contributed by atoms with Gasteiger partial charge in [0.2, 0.25) is 29.1 Å². The average molecular weight is 477 g/mol. The minimum atomic E-state index is -2.29. The summed E-state index contributed by atoms with van der Waals surface area (Å²) in [6, 6.07) is 13.8. The zero-order valence-electron chi connectivity index (χ0n) is 17.5. The predicted octanol–water partition coefficient (Wildman–Crippen LogP) is 5.36. The van der Waals surface area contributed by atoms with Gasteiger partial charge in [0.05, 0.1) is 6.54 Å². The number of hydrogen-bond acceptors (Lipinski definition) is 4. The molecule has 4 rings (SSSR count). The van der Waals surface area contributed by atoms with E-state index in [4.69, 9.17) is 9.15 Å². The molecule has 0 radical (unpaired) electrons. The lowest BCUT2D eigenvalue weighted by Crippen LogP contribution is -2.12. The normalized spacial score (nSPS) is 11.0. The van der Waals surface area contributed by atoms with Crippen LogP contribution in [0.15, 0.2) is 52.9 Å². The Morgan fingerprint density at radius 2 is 1.62 bits per heavy atom. The molecule has 0 unspecified atom stereocenters. The number of ether oxygens (including phenoxy) is 1. The third-order valence-electron chi connectivity index (χ3n) is 4.81. The van der Waals surface area contributed by atoms with Crippen molar-refractivity contribution < 1.29 is 35.9 Å². The molecule has 0 aliphatic carbocycles. The van der Waals surface area contributed by atoms with Crippen molar-refractivity contribution >= 4 is 11.7 Å². The first-order valence-electron chi connectivity index (χ1n) is 9.87. The van der Waals surface area contributed by atoms with E-state index in [-0.39, 0.29) is 17.3 Å². The van der Waals surface area contributed by atoms with Crippen LogP contribution in [-0.2, 0) is 13.2 Å². The zero-order valence-corrected chi connectivity index (χ0v) is 17.5. The Bertz CT molecular complexity index is 1320. The van der Waals surface area contributed by atoms with Gasteiger partial charge >= 0.3 is 0 Å². The second-order valence-electron chi connectivity index (χ2n) is 7.22. The molecule has 176 valence electrons. The first-order valence-corrected chi connectivity index (χ1v) is 9.87. The van der Waals surface area contributed by atoms with Crippen LogP contribution in [0.1, 0.15) is 27.6 Å². The second kappa shape index (κ2) is 9.38. The highest BCUT2D eigenvalue weighted by Gasteiger charge is 2.27. The molecule has 1 amide bonds. The maximum absolute atomic E-state index is 13.7. The van der Waals surface area contributed by atoms with Gasteiger partial charge < -0.3 is 14.5 Å². The standard InChI is InChI=1S/C23H16F5N3O3/c1-12-9-16(30-31(12)10-13-5-3-2-4-6-13)29-23(32)15-8-7-14(34-15)11-33-22-20(27)18(25)17(24)19(26)21(22)28/h2-9H,10-11H2,1H3,(H,29,30,32). The molecule has 34 heavy (non-hydrogen) atoms. The van der Waals surface area contributed by atoms with Gasteiger partial charge in [0.15, 0.2) is 17.3 Å². The van der Waals surface area contributed by atoms with Crippen LogP contribution in [0, 0.1) is 36.0 Å². The van der Waals surface area contributed by atoms with Crippen LogP contribution in [0.2, 0.25) is 0 Å². The maximum atomic E-state index is 13.7. The Kier molecular flexibility index (Phi) is 6.35. The number of anilines is 1. The Morgan fingerprint density at radius 1 is 0.971 bits per heavy atom. The Balaban J connectivity index is 1.41. The monoisotopic (exact) mass is 477 g/mol. The van der Waals surface area contributed by atoms with Crippen LogP contribution >= 0.6 is 0 Å². The summed E-state index contributed by atoms with van der Waals surface area (Å²) in [6.45, 7) is 1.65. The maximum Gasteiger partial charge on any atom is 0.292 e. The molecular weight excluding hydrogens is 461 g/mol. The second-order valence-corrected chi connectivity index (χ2v) is 7.22. The summed E-state index contributed by atoms with van der Waals surface area (Å²) in [6.07, 6.45) is 0. The summed E-state index contributed by atoms with van der Waals surface area (Å²) in [4.78, 5) is 12.5. The minimum Gasteiger partial charge on any atom is -0.479 e. The molecule has 6 nitrogen and oxygen atoms in total. The topological polar surface area (TPSA) is 69.3 Å². The molecule has 2 heterocycles. The van der Waals surface area contributed by atoms with Crippen molar-refractivity contribution in [3.05, 3.63) is 100 Å². The number of carbonyl (C=O) groups is 1. The molecule has 2 aromatic carbocycles. The van der Waals surface area contributed by atoms with Crippen molar-refractivity contribution in [2.75, 3.05) is 5.32 Å². The van der Waals surface area contributed by atoms with Gasteiger partial charge in [0.1, 0.15) is 12.4 Å². The fraction of sp³-hybridized carbons (Fsp3) is 0.130. The highest BCUT2D eigenvalue weighted by atomic mass is 19.2. The number of amides is 1. The van der Waals surface area contributed by atoms with Crippen molar-refractivity contribution in [3.8, 4) is 5.75 Å². The zero-order chi connectivity index (χ0) is 24.4. The van der Waals surface area contributed by atoms with E-state index >= 15 is 0 Å². The summed E-state index contributed by atoms with van der Waals surface area (Å²) in [5, 5.41) is 6.90. The fourth-order valence-electron chi connectivity index (χ4n) is 3.10. The molecule has 1 N–H and O–H groups in total. The SMILES string of the molecule is Cc1cc(NC(=O)c2ccc(COc3c(F)c(F)c(F)c(F)c3F)o2)nn1Cc1ccccc1. The molecule has 11 heteroatoms. The van der Waals surface area contributed by atoms with Crippen molar-refractivity contribution in [1.29, 1.82) is 0 Å². The molecular formula is C23H16F5N3O3. The summed E-state index contributed by atoms with van der Waals surface area (Å²) in [7, 11) is 0. The third-order valence-corrected chi connectivity index (χ3v) is 4.81. The number of halogens is 5. The van der Waals surface area contributed by atoms with E-state index in [2.05, 4.69) is 10.4 Å². The average Bonchev–Trinajstić information content (AvgIpc) is 3.43. The molecule has 0 aliphatic heterocycles. The van der Waals surface area contributed by atoms with Crippen molar-refractivity contribution in [3.63, 3.8) is 0 Å². The number of aromatic nitrogens is 2. The van der Waals surface area contributed by atoms with Gasteiger partial charge in [-0.3, -0.25) is 9.48 Å². The molecule has 0 atom stereocenters. The van der Waals surface area contributed by atoms with Crippen LogP contribution in [0.5, 0.6) is 5.75 Å². The molecule has 0 bridgehead atoms. The number of nitrogens with one attached hydrogen (secondary N) is 1. The van der Waals surface area contributed by atoms with E-state index in [0.29, 0.717) is 6.54 Å². The number of furan rings is 1. The largest absolute Gasteiger partial charge is 0.479 e. The van der Waals surface area contributed by atoms with Crippen molar-refractivity contribution in [2.45, 2.75) is 20.1 Å². The number of aryl methyl sites for hydroxylation is 1. The summed E-state index contributed by atoms with van der Waals surface area (Å²) < 4.78 is 78.7.